The molecule has 0 spiro atoms. The summed E-state index contributed by atoms with van der Waals surface area (Å²) < 4.78 is 0. The minimum absolute atomic E-state index is 0.0874. The Kier molecular flexibility index (Phi) is 5.23. The first-order chi connectivity index (χ1) is 8.94. The summed E-state index contributed by atoms with van der Waals surface area (Å²) in [5.74, 6) is 0. The number of β-amino-alcohol motifs (C(OH)–C–C–N with tert-alkyl or cyclic N) is 1. The Morgan fingerprint density at radius 1 is 1.21 bits per heavy atom. The van der Waals surface area contributed by atoms with Gasteiger partial charge in [0.25, 0.3) is 0 Å². The summed E-state index contributed by atoms with van der Waals surface area (Å²) in [4.78, 5) is 5.07. The Balaban J connectivity index is 1.66. The average molecular weight is 269 g/mol. The molecular formula is C15H31N3O. The van der Waals surface area contributed by atoms with E-state index in [-0.39, 0.29) is 11.6 Å². The van der Waals surface area contributed by atoms with Crippen LogP contribution in [0.5, 0.6) is 0 Å². The van der Waals surface area contributed by atoms with E-state index < -0.39 is 0 Å². The fourth-order valence-electron chi connectivity index (χ4n) is 3.17. The molecule has 0 aromatic heterocycles. The second kappa shape index (κ2) is 6.53. The number of aliphatic hydroxyl groups excluding tert-OH is 1. The second-order valence-electron chi connectivity index (χ2n) is 7.23. The van der Waals surface area contributed by atoms with Gasteiger partial charge in [-0.3, -0.25) is 9.80 Å². The standard InChI is InChI=1S/C15H31N3O/c1-15(2,3)16-10-14(19)12-17-9-6-13(11-17)18-7-4-5-8-18/h13-14,16,19H,4-12H2,1-3H3. The molecular weight excluding hydrogens is 238 g/mol. The first-order valence-electron chi connectivity index (χ1n) is 7.83. The SMILES string of the molecule is CC(C)(C)NCC(O)CN1CCC(N2CCCC2)C1. The molecule has 0 aromatic rings. The van der Waals surface area contributed by atoms with Crippen LogP contribution in [0.1, 0.15) is 40.0 Å². The highest BCUT2D eigenvalue weighted by Crippen LogP contribution is 2.20. The van der Waals surface area contributed by atoms with Crippen LogP contribution in [0, 0.1) is 0 Å². The normalized spacial score (nSPS) is 28.1. The molecule has 2 heterocycles. The quantitative estimate of drug-likeness (QED) is 0.778. The highest BCUT2D eigenvalue weighted by atomic mass is 16.3. The van der Waals surface area contributed by atoms with Crippen molar-refractivity contribution in [3.8, 4) is 0 Å². The Morgan fingerprint density at radius 3 is 2.53 bits per heavy atom. The van der Waals surface area contributed by atoms with Gasteiger partial charge < -0.3 is 10.4 Å². The number of hydrogen-bond donors (Lipinski definition) is 2. The maximum Gasteiger partial charge on any atom is 0.0791 e. The van der Waals surface area contributed by atoms with Gasteiger partial charge in [0.1, 0.15) is 0 Å². The monoisotopic (exact) mass is 269 g/mol. The lowest BCUT2D eigenvalue weighted by Crippen LogP contribution is -2.45. The first-order valence-corrected chi connectivity index (χ1v) is 7.83. The molecule has 0 bridgehead atoms. The summed E-state index contributed by atoms with van der Waals surface area (Å²) in [7, 11) is 0. The van der Waals surface area contributed by atoms with E-state index in [0.717, 1.165) is 25.7 Å². The molecule has 0 saturated carbocycles. The number of nitrogens with zero attached hydrogens (tertiary/aromatic N) is 2. The summed E-state index contributed by atoms with van der Waals surface area (Å²) in [5.41, 5.74) is 0.0874. The maximum absolute atomic E-state index is 10.1. The molecule has 2 aliphatic rings. The highest BCUT2D eigenvalue weighted by Gasteiger charge is 2.29. The van der Waals surface area contributed by atoms with Crippen LogP contribution < -0.4 is 5.32 Å². The largest absolute Gasteiger partial charge is 0.390 e. The molecule has 2 unspecified atom stereocenters. The molecule has 2 atom stereocenters. The van der Waals surface area contributed by atoms with Gasteiger partial charge in [-0.05, 0) is 59.7 Å². The Labute approximate surface area is 118 Å². The summed E-state index contributed by atoms with van der Waals surface area (Å²) in [6, 6.07) is 0.741. The van der Waals surface area contributed by atoms with Crippen molar-refractivity contribution in [3.63, 3.8) is 0 Å². The van der Waals surface area contributed by atoms with Crippen molar-refractivity contribution in [2.24, 2.45) is 0 Å². The van der Waals surface area contributed by atoms with E-state index in [1.165, 1.54) is 32.4 Å². The lowest BCUT2D eigenvalue weighted by Gasteiger charge is -2.26. The molecule has 0 amide bonds. The van der Waals surface area contributed by atoms with Gasteiger partial charge in [0.05, 0.1) is 6.10 Å². The molecule has 0 aromatic carbocycles. The zero-order valence-electron chi connectivity index (χ0n) is 12.9. The highest BCUT2D eigenvalue weighted by molar-refractivity contribution is 4.86. The topological polar surface area (TPSA) is 38.7 Å². The van der Waals surface area contributed by atoms with Gasteiger partial charge in [-0.2, -0.15) is 0 Å². The van der Waals surface area contributed by atoms with Gasteiger partial charge in [-0.15, -0.1) is 0 Å². The van der Waals surface area contributed by atoms with Crippen molar-refractivity contribution in [3.05, 3.63) is 0 Å². The molecule has 2 aliphatic heterocycles. The van der Waals surface area contributed by atoms with Crippen LogP contribution in [0.3, 0.4) is 0 Å². The fourth-order valence-corrected chi connectivity index (χ4v) is 3.17. The molecule has 0 radical (unpaired) electrons. The summed E-state index contributed by atoms with van der Waals surface area (Å²) in [5, 5.41) is 13.5. The minimum atomic E-state index is -0.253. The van der Waals surface area contributed by atoms with E-state index in [1.54, 1.807) is 0 Å². The number of likely N-dealkylation sites (tertiary alicyclic amines) is 2. The van der Waals surface area contributed by atoms with E-state index in [0.29, 0.717) is 6.54 Å². The van der Waals surface area contributed by atoms with Crippen LogP contribution in [-0.2, 0) is 0 Å². The summed E-state index contributed by atoms with van der Waals surface area (Å²) >= 11 is 0. The Hall–Kier alpha value is -0.160. The predicted molar refractivity (Wildman–Crippen MR) is 79.4 cm³/mol. The lowest BCUT2D eigenvalue weighted by atomic mass is 10.1. The molecule has 2 N–H and O–H groups in total. The predicted octanol–water partition coefficient (Wildman–Crippen LogP) is 0.906. The van der Waals surface area contributed by atoms with Gasteiger partial charge >= 0.3 is 0 Å². The van der Waals surface area contributed by atoms with E-state index in [1.807, 2.05) is 0 Å². The van der Waals surface area contributed by atoms with Crippen LogP contribution in [0.4, 0.5) is 0 Å². The molecule has 2 saturated heterocycles. The lowest BCUT2D eigenvalue weighted by molar-refractivity contribution is 0.112. The van der Waals surface area contributed by atoms with Crippen molar-refractivity contribution in [1.29, 1.82) is 0 Å². The smallest absolute Gasteiger partial charge is 0.0791 e. The van der Waals surface area contributed by atoms with Crippen molar-refractivity contribution in [2.75, 3.05) is 39.3 Å². The van der Waals surface area contributed by atoms with Crippen molar-refractivity contribution in [2.45, 2.75) is 57.7 Å². The zero-order valence-corrected chi connectivity index (χ0v) is 12.9. The third-order valence-corrected chi connectivity index (χ3v) is 4.24. The van der Waals surface area contributed by atoms with Gasteiger partial charge in [-0.25, -0.2) is 0 Å². The molecule has 2 fully saturated rings. The minimum Gasteiger partial charge on any atom is -0.390 e. The van der Waals surface area contributed by atoms with Crippen molar-refractivity contribution >= 4 is 0 Å². The maximum atomic E-state index is 10.1. The van der Waals surface area contributed by atoms with Gasteiger partial charge in [0, 0.05) is 31.2 Å². The van der Waals surface area contributed by atoms with Crippen molar-refractivity contribution < 1.29 is 5.11 Å². The molecule has 4 heteroatoms. The number of rotatable bonds is 5. The molecule has 4 nitrogen and oxygen atoms in total. The molecule has 0 aliphatic carbocycles. The van der Waals surface area contributed by atoms with Gasteiger partial charge in [-0.1, -0.05) is 0 Å². The number of aliphatic hydroxyl groups is 1. The first kappa shape index (κ1) is 15.2. The zero-order chi connectivity index (χ0) is 13.9. The molecule has 19 heavy (non-hydrogen) atoms. The van der Waals surface area contributed by atoms with E-state index in [9.17, 15) is 5.11 Å². The van der Waals surface area contributed by atoms with Crippen LogP contribution in [0.2, 0.25) is 0 Å². The van der Waals surface area contributed by atoms with E-state index >= 15 is 0 Å². The Bertz CT molecular complexity index is 271. The third kappa shape index (κ3) is 5.03. The summed E-state index contributed by atoms with van der Waals surface area (Å²) in [6.07, 6.45) is 3.76. The second-order valence-corrected chi connectivity index (χ2v) is 7.23. The van der Waals surface area contributed by atoms with Crippen molar-refractivity contribution in [1.82, 2.24) is 15.1 Å². The van der Waals surface area contributed by atoms with Crippen LogP contribution in [0.15, 0.2) is 0 Å². The molecule has 112 valence electrons. The van der Waals surface area contributed by atoms with Crippen LogP contribution in [-0.4, -0.2) is 71.9 Å². The van der Waals surface area contributed by atoms with E-state index in [4.69, 9.17) is 0 Å². The van der Waals surface area contributed by atoms with Gasteiger partial charge in [0.15, 0.2) is 0 Å². The number of nitrogens with one attached hydrogen (secondary N) is 1. The third-order valence-electron chi connectivity index (χ3n) is 4.24. The average Bonchev–Trinajstić information content (AvgIpc) is 2.94. The van der Waals surface area contributed by atoms with E-state index in [2.05, 4.69) is 35.9 Å². The fraction of sp³-hybridized carbons (Fsp3) is 1.00. The molecule has 2 rings (SSSR count). The number of hydrogen-bond acceptors (Lipinski definition) is 4. The van der Waals surface area contributed by atoms with Crippen LogP contribution in [0.25, 0.3) is 0 Å². The Morgan fingerprint density at radius 2 is 1.89 bits per heavy atom. The van der Waals surface area contributed by atoms with Gasteiger partial charge in [0.2, 0.25) is 0 Å². The van der Waals surface area contributed by atoms with Crippen LogP contribution >= 0.6 is 0 Å². The summed E-state index contributed by atoms with van der Waals surface area (Å²) in [6.45, 7) is 12.8.